The van der Waals surface area contributed by atoms with Crippen LogP contribution in [0.3, 0.4) is 0 Å². The molecule has 0 spiro atoms. The van der Waals surface area contributed by atoms with Crippen molar-refractivity contribution in [2.24, 2.45) is 0 Å². The monoisotopic (exact) mass is 377 g/mol. The molecule has 2 rings (SSSR count). The van der Waals surface area contributed by atoms with Gasteiger partial charge in [0.2, 0.25) is 5.91 Å². The van der Waals surface area contributed by atoms with Crippen molar-refractivity contribution in [3.8, 4) is 5.75 Å². The molecule has 0 radical (unpaired) electrons. The Hall–Kier alpha value is -2.64. The number of carbonyl (C=O) groups excluding carboxylic acids is 1. The van der Waals surface area contributed by atoms with E-state index >= 15 is 0 Å². The van der Waals surface area contributed by atoms with Gasteiger partial charge in [0.15, 0.2) is 0 Å². The second kappa shape index (κ2) is 8.64. The van der Waals surface area contributed by atoms with Crippen LogP contribution in [0, 0.1) is 10.1 Å². The topological polar surface area (TPSA) is 84.7 Å². The molecule has 0 aliphatic rings. The maximum atomic E-state index is 12.5. The summed E-state index contributed by atoms with van der Waals surface area (Å²) in [5, 5.41) is 13.8. The van der Waals surface area contributed by atoms with Crippen molar-refractivity contribution < 1.29 is 14.5 Å². The lowest BCUT2D eigenvalue weighted by molar-refractivity contribution is -0.384. The van der Waals surface area contributed by atoms with E-state index in [0.29, 0.717) is 6.54 Å². The van der Waals surface area contributed by atoms with Gasteiger partial charge in [-0.05, 0) is 37.7 Å². The minimum Gasteiger partial charge on any atom is -0.497 e. The predicted molar refractivity (Wildman–Crippen MR) is 101 cm³/mol. The lowest BCUT2D eigenvalue weighted by Crippen LogP contribution is -2.39. The number of nitrogens with zero attached hydrogens (tertiary/aromatic N) is 2. The highest BCUT2D eigenvalue weighted by Crippen LogP contribution is 2.27. The Balaban J connectivity index is 2.06. The zero-order valence-electron chi connectivity index (χ0n) is 14.7. The molecule has 138 valence electrons. The molecule has 2 aromatic rings. The average Bonchev–Trinajstić information content (AvgIpc) is 2.62. The van der Waals surface area contributed by atoms with Gasteiger partial charge in [0, 0.05) is 18.7 Å². The predicted octanol–water partition coefficient (Wildman–Crippen LogP) is 3.72. The van der Waals surface area contributed by atoms with E-state index in [1.54, 1.807) is 14.0 Å². The molecule has 1 N–H and O–H groups in total. The van der Waals surface area contributed by atoms with E-state index in [2.05, 4.69) is 5.32 Å². The van der Waals surface area contributed by atoms with Crippen molar-refractivity contribution in [1.82, 2.24) is 4.90 Å². The quantitative estimate of drug-likeness (QED) is 0.587. The molecule has 0 aliphatic carbocycles. The normalized spacial score (nSPS) is 11.9. The smallest absolute Gasteiger partial charge is 0.271 e. The number of hydrogen-bond acceptors (Lipinski definition) is 5. The Bertz CT molecular complexity index is 813. The van der Waals surface area contributed by atoms with Crippen LogP contribution in [0.25, 0.3) is 0 Å². The van der Waals surface area contributed by atoms with Gasteiger partial charge in [-0.2, -0.15) is 0 Å². The Morgan fingerprint density at radius 2 is 2.08 bits per heavy atom. The number of rotatable bonds is 7. The summed E-state index contributed by atoms with van der Waals surface area (Å²) in [7, 11) is 3.42. The minimum absolute atomic E-state index is 0.137. The molecule has 0 aliphatic heterocycles. The molecule has 7 nitrogen and oxygen atoms in total. The second-order valence-corrected chi connectivity index (χ2v) is 6.26. The number of amides is 1. The van der Waals surface area contributed by atoms with Crippen LogP contribution in [0.15, 0.2) is 42.5 Å². The fraction of sp³-hybridized carbons (Fsp3) is 0.278. The van der Waals surface area contributed by atoms with Crippen LogP contribution >= 0.6 is 11.6 Å². The lowest BCUT2D eigenvalue weighted by Gasteiger charge is -2.24. The zero-order chi connectivity index (χ0) is 19.3. The van der Waals surface area contributed by atoms with Gasteiger partial charge in [0.1, 0.15) is 5.75 Å². The van der Waals surface area contributed by atoms with E-state index in [0.717, 1.165) is 11.3 Å². The molecular formula is C18H20ClN3O4. The summed E-state index contributed by atoms with van der Waals surface area (Å²) in [6.07, 6.45) is 0. The van der Waals surface area contributed by atoms with Gasteiger partial charge in [-0.15, -0.1) is 0 Å². The Morgan fingerprint density at radius 3 is 2.73 bits per heavy atom. The zero-order valence-corrected chi connectivity index (χ0v) is 15.5. The van der Waals surface area contributed by atoms with Crippen LogP contribution in [-0.4, -0.2) is 35.9 Å². The summed E-state index contributed by atoms with van der Waals surface area (Å²) in [5.41, 5.74) is 1.08. The van der Waals surface area contributed by atoms with Crippen LogP contribution in [0.1, 0.15) is 12.5 Å². The van der Waals surface area contributed by atoms with Crippen molar-refractivity contribution in [2.75, 3.05) is 19.5 Å². The van der Waals surface area contributed by atoms with Gasteiger partial charge in [0.05, 0.1) is 28.8 Å². The number of nitro benzene ring substituents is 1. The summed E-state index contributed by atoms with van der Waals surface area (Å²) in [6.45, 7) is 2.29. The number of nitrogens with one attached hydrogen (secondary N) is 1. The molecule has 1 amide bonds. The highest BCUT2D eigenvalue weighted by molar-refractivity contribution is 6.33. The molecule has 0 saturated carbocycles. The van der Waals surface area contributed by atoms with E-state index in [1.807, 2.05) is 36.2 Å². The average molecular weight is 378 g/mol. The number of likely N-dealkylation sites (N-methyl/N-ethyl adjacent to an activating group) is 1. The van der Waals surface area contributed by atoms with Crippen LogP contribution in [0.2, 0.25) is 5.02 Å². The van der Waals surface area contributed by atoms with Gasteiger partial charge >= 0.3 is 0 Å². The highest BCUT2D eigenvalue weighted by Gasteiger charge is 2.20. The number of ether oxygens (including phenoxy) is 1. The van der Waals surface area contributed by atoms with Crippen molar-refractivity contribution >= 4 is 28.9 Å². The number of methoxy groups -OCH3 is 1. The fourth-order valence-corrected chi connectivity index (χ4v) is 2.52. The fourth-order valence-electron chi connectivity index (χ4n) is 2.36. The molecular weight excluding hydrogens is 358 g/mol. The highest BCUT2D eigenvalue weighted by atomic mass is 35.5. The number of carbonyl (C=O) groups is 1. The molecule has 1 atom stereocenters. The SMILES string of the molecule is COc1cccc(CN(C)C(C)C(=O)Nc2cc([N+](=O)[O-])ccc2Cl)c1. The van der Waals surface area contributed by atoms with Crippen LogP contribution < -0.4 is 10.1 Å². The molecule has 26 heavy (non-hydrogen) atoms. The first kappa shape index (κ1) is 19.7. The molecule has 1 unspecified atom stereocenters. The standard InChI is InChI=1S/C18H20ClN3O4/c1-12(21(2)11-13-5-4-6-15(9-13)26-3)18(23)20-17-10-14(22(24)25)7-8-16(17)19/h4-10,12H,11H2,1-3H3,(H,20,23). The maximum absolute atomic E-state index is 12.5. The van der Waals surface area contributed by atoms with E-state index in [4.69, 9.17) is 16.3 Å². The first-order chi connectivity index (χ1) is 12.3. The number of non-ortho nitro benzene ring substituents is 1. The largest absolute Gasteiger partial charge is 0.497 e. The van der Waals surface area contributed by atoms with E-state index in [1.165, 1.54) is 18.2 Å². The molecule has 0 fully saturated rings. The summed E-state index contributed by atoms with van der Waals surface area (Å²) in [5.74, 6) is 0.439. The first-order valence-corrected chi connectivity index (χ1v) is 8.27. The number of hydrogen-bond donors (Lipinski definition) is 1. The van der Waals surface area contributed by atoms with Gasteiger partial charge in [0.25, 0.3) is 5.69 Å². The maximum Gasteiger partial charge on any atom is 0.271 e. The van der Waals surface area contributed by atoms with E-state index in [-0.39, 0.29) is 22.3 Å². The number of anilines is 1. The van der Waals surface area contributed by atoms with Crippen molar-refractivity contribution in [3.05, 3.63) is 63.2 Å². The minimum atomic E-state index is -0.537. The summed E-state index contributed by atoms with van der Waals surface area (Å²) >= 11 is 6.03. The van der Waals surface area contributed by atoms with Crippen molar-refractivity contribution in [2.45, 2.75) is 19.5 Å². The molecule has 0 aromatic heterocycles. The van der Waals surface area contributed by atoms with Gasteiger partial charge in [-0.3, -0.25) is 19.8 Å². The van der Waals surface area contributed by atoms with E-state index in [9.17, 15) is 14.9 Å². The number of nitro groups is 1. The van der Waals surface area contributed by atoms with Crippen molar-refractivity contribution in [1.29, 1.82) is 0 Å². The van der Waals surface area contributed by atoms with Gasteiger partial charge < -0.3 is 10.1 Å². The summed E-state index contributed by atoms with van der Waals surface area (Å²) in [6, 6.07) is 11.0. The van der Waals surface area contributed by atoms with E-state index < -0.39 is 11.0 Å². The van der Waals surface area contributed by atoms with Crippen LogP contribution in [0.4, 0.5) is 11.4 Å². The molecule has 8 heteroatoms. The number of benzene rings is 2. The Labute approximate surface area is 156 Å². The molecule has 0 bridgehead atoms. The molecule has 0 heterocycles. The summed E-state index contributed by atoms with van der Waals surface area (Å²) < 4.78 is 5.20. The van der Waals surface area contributed by atoms with Crippen LogP contribution in [0.5, 0.6) is 5.75 Å². The summed E-state index contributed by atoms with van der Waals surface area (Å²) in [4.78, 5) is 24.7. The second-order valence-electron chi connectivity index (χ2n) is 5.85. The molecule has 0 saturated heterocycles. The third-order valence-corrected chi connectivity index (χ3v) is 4.35. The van der Waals surface area contributed by atoms with Crippen LogP contribution in [-0.2, 0) is 11.3 Å². The van der Waals surface area contributed by atoms with Gasteiger partial charge in [-0.1, -0.05) is 23.7 Å². The third-order valence-electron chi connectivity index (χ3n) is 4.03. The lowest BCUT2D eigenvalue weighted by atomic mass is 10.1. The first-order valence-electron chi connectivity index (χ1n) is 7.89. The Kier molecular flexibility index (Phi) is 6.54. The van der Waals surface area contributed by atoms with Gasteiger partial charge in [-0.25, -0.2) is 0 Å². The van der Waals surface area contributed by atoms with Crippen molar-refractivity contribution in [3.63, 3.8) is 0 Å². The number of halogens is 1. The third kappa shape index (κ3) is 4.93. The molecule has 2 aromatic carbocycles. The Morgan fingerprint density at radius 1 is 1.35 bits per heavy atom.